The zero-order valence-electron chi connectivity index (χ0n) is 8.73. The topological polar surface area (TPSA) is 55.9 Å². The first-order valence-corrected chi connectivity index (χ1v) is 5.81. The van der Waals surface area contributed by atoms with Crippen molar-refractivity contribution in [2.24, 2.45) is 0 Å². The molecule has 0 unspecified atom stereocenters. The number of nitrogen functional groups attached to an aromatic ring is 1. The first kappa shape index (κ1) is 11.0. The van der Waals surface area contributed by atoms with Gasteiger partial charge in [0.15, 0.2) is 0 Å². The van der Waals surface area contributed by atoms with Crippen LogP contribution in [-0.2, 0) is 6.54 Å². The maximum Gasteiger partial charge on any atom is 0.0582 e. The molecule has 1 heterocycles. The average Bonchev–Trinajstić information content (AvgIpc) is 2.74. The molecule has 3 N–H and O–H groups in total. The van der Waals surface area contributed by atoms with Crippen molar-refractivity contribution in [2.75, 3.05) is 17.6 Å². The summed E-state index contributed by atoms with van der Waals surface area (Å²) in [6.07, 6.45) is 3.72. The van der Waals surface area contributed by atoms with Gasteiger partial charge in [0.05, 0.1) is 6.54 Å². The molecule has 0 spiro atoms. The highest BCUT2D eigenvalue weighted by molar-refractivity contribution is 9.10. The number of rotatable bonds is 4. The predicted octanol–water partition coefficient (Wildman–Crippen LogP) is 2.34. The van der Waals surface area contributed by atoms with E-state index in [-0.39, 0.29) is 0 Å². The van der Waals surface area contributed by atoms with Crippen molar-refractivity contribution in [1.29, 1.82) is 0 Å². The third-order valence-corrected chi connectivity index (χ3v) is 2.86. The summed E-state index contributed by atoms with van der Waals surface area (Å²) < 4.78 is 2.87. The number of nitrogens with two attached hydrogens (primary N) is 1. The number of anilines is 2. The Morgan fingerprint density at radius 2 is 2.31 bits per heavy atom. The van der Waals surface area contributed by atoms with Crippen LogP contribution in [0.25, 0.3) is 0 Å². The summed E-state index contributed by atoms with van der Waals surface area (Å²) in [4.78, 5) is 0. The monoisotopic (exact) mass is 280 g/mol. The molecule has 0 radical (unpaired) electrons. The molecule has 4 nitrogen and oxygen atoms in total. The van der Waals surface area contributed by atoms with Crippen LogP contribution in [0.5, 0.6) is 0 Å². The van der Waals surface area contributed by atoms with Crippen LogP contribution in [0.15, 0.2) is 41.1 Å². The van der Waals surface area contributed by atoms with E-state index in [9.17, 15) is 0 Å². The van der Waals surface area contributed by atoms with Crippen LogP contribution in [0, 0.1) is 0 Å². The Morgan fingerprint density at radius 1 is 1.44 bits per heavy atom. The lowest BCUT2D eigenvalue weighted by Crippen LogP contribution is -2.11. The highest BCUT2D eigenvalue weighted by Crippen LogP contribution is 2.24. The Balaban J connectivity index is 1.90. The minimum absolute atomic E-state index is 0.754. The van der Waals surface area contributed by atoms with E-state index in [0.717, 1.165) is 28.9 Å². The van der Waals surface area contributed by atoms with Crippen LogP contribution >= 0.6 is 15.9 Å². The van der Waals surface area contributed by atoms with Gasteiger partial charge in [-0.25, -0.2) is 0 Å². The van der Waals surface area contributed by atoms with E-state index < -0.39 is 0 Å². The smallest absolute Gasteiger partial charge is 0.0582 e. The van der Waals surface area contributed by atoms with Crippen LogP contribution < -0.4 is 11.1 Å². The van der Waals surface area contributed by atoms with Gasteiger partial charge in [-0.05, 0) is 40.2 Å². The summed E-state index contributed by atoms with van der Waals surface area (Å²) in [6, 6.07) is 7.64. The summed E-state index contributed by atoms with van der Waals surface area (Å²) in [7, 11) is 0. The standard InChI is InChI=1S/C11H13BrN4/c12-10-8-9(13)2-3-11(10)14-5-7-16-6-1-4-15-16/h1-4,6,8,14H,5,7,13H2. The van der Waals surface area contributed by atoms with E-state index in [0.29, 0.717) is 0 Å². The highest BCUT2D eigenvalue weighted by atomic mass is 79.9. The maximum absolute atomic E-state index is 5.66. The number of nitrogens with one attached hydrogen (secondary N) is 1. The molecule has 0 aliphatic carbocycles. The lowest BCUT2D eigenvalue weighted by molar-refractivity contribution is 0.638. The normalized spacial score (nSPS) is 10.3. The Kier molecular flexibility index (Phi) is 3.46. The molecule has 0 aliphatic heterocycles. The number of nitrogens with zero attached hydrogens (tertiary/aromatic N) is 2. The number of hydrogen-bond donors (Lipinski definition) is 2. The Bertz CT molecular complexity index is 453. The van der Waals surface area contributed by atoms with E-state index in [2.05, 4.69) is 26.3 Å². The third-order valence-electron chi connectivity index (χ3n) is 2.21. The molecule has 16 heavy (non-hydrogen) atoms. The maximum atomic E-state index is 5.66. The fraction of sp³-hybridized carbons (Fsp3) is 0.182. The fourth-order valence-corrected chi connectivity index (χ4v) is 1.95. The van der Waals surface area contributed by atoms with Gasteiger partial charge < -0.3 is 11.1 Å². The predicted molar refractivity (Wildman–Crippen MR) is 69.3 cm³/mol. The molecule has 84 valence electrons. The first-order chi connectivity index (χ1) is 7.75. The second-order valence-corrected chi connectivity index (χ2v) is 4.29. The fourth-order valence-electron chi connectivity index (χ4n) is 1.41. The van der Waals surface area contributed by atoms with Gasteiger partial charge in [0.2, 0.25) is 0 Å². The number of aromatic nitrogens is 2. The lowest BCUT2D eigenvalue weighted by atomic mass is 10.3. The van der Waals surface area contributed by atoms with E-state index in [1.165, 1.54) is 0 Å². The van der Waals surface area contributed by atoms with Gasteiger partial charge in [-0.1, -0.05) is 0 Å². The van der Waals surface area contributed by atoms with Crippen LogP contribution in [0.1, 0.15) is 0 Å². The molecule has 0 amide bonds. The van der Waals surface area contributed by atoms with E-state index in [1.54, 1.807) is 6.20 Å². The van der Waals surface area contributed by atoms with Crippen molar-refractivity contribution < 1.29 is 0 Å². The summed E-state index contributed by atoms with van der Waals surface area (Å²) >= 11 is 3.46. The minimum atomic E-state index is 0.754. The van der Waals surface area contributed by atoms with E-state index >= 15 is 0 Å². The molecule has 2 rings (SSSR count). The van der Waals surface area contributed by atoms with Gasteiger partial charge in [0, 0.05) is 34.8 Å². The van der Waals surface area contributed by atoms with Gasteiger partial charge in [0.25, 0.3) is 0 Å². The van der Waals surface area contributed by atoms with Crippen LogP contribution in [0.2, 0.25) is 0 Å². The van der Waals surface area contributed by atoms with E-state index in [4.69, 9.17) is 5.73 Å². The molecule has 0 fully saturated rings. The molecule has 0 saturated carbocycles. The average molecular weight is 281 g/mol. The molecule has 0 atom stereocenters. The SMILES string of the molecule is Nc1ccc(NCCn2cccn2)c(Br)c1. The lowest BCUT2D eigenvalue weighted by Gasteiger charge is -2.09. The summed E-state index contributed by atoms with van der Waals surface area (Å²) in [5.74, 6) is 0. The quantitative estimate of drug-likeness (QED) is 0.846. The van der Waals surface area contributed by atoms with Gasteiger partial charge in [-0.3, -0.25) is 4.68 Å². The minimum Gasteiger partial charge on any atom is -0.399 e. The largest absolute Gasteiger partial charge is 0.399 e. The second-order valence-electron chi connectivity index (χ2n) is 3.44. The van der Waals surface area contributed by atoms with Crippen molar-refractivity contribution in [1.82, 2.24) is 9.78 Å². The van der Waals surface area contributed by atoms with Crippen molar-refractivity contribution >= 4 is 27.3 Å². The Hall–Kier alpha value is -1.49. The van der Waals surface area contributed by atoms with Crippen LogP contribution in [-0.4, -0.2) is 16.3 Å². The second kappa shape index (κ2) is 5.03. The van der Waals surface area contributed by atoms with Gasteiger partial charge in [-0.2, -0.15) is 5.10 Å². The Labute approximate surface area is 103 Å². The Morgan fingerprint density at radius 3 is 3.00 bits per heavy atom. The molecule has 0 bridgehead atoms. The summed E-state index contributed by atoms with van der Waals surface area (Å²) in [5.41, 5.74) is 7.46. The van der Waals surface area contributed by atoms with Crippen molar-refractivity contribution in [3.63, 3.8) is 0 Å². The zero-order chi connectivity index (χ0) is 11.4. The molecular weight excluding hydrogens is 268 g/mol. The van der Waals surface area contributed by atoms with Crippen LogP contribution in [0.4, 0.5) is 11.4 Å². The molecule has 0 aliphatic rings. The van der Waals surface area contributed by atoms with Gasteiger partial charge in [-0.15, -0.1) is 0 Å². The molecule has 1 aromatic carbocycles. The van der Waals surface area contributed by atoms with Crippen molar-refractivity contribution in [3.05, 3.63) is 41.1 Å². The van der Waals surface area contributed by atoms with Gasteiger partial charge in [0.1, 0.15) is 0 Å². The number of benzene rings is 1. The zero-order valence-corrected chi connectivity index (χ0v) is 10.3. The molecular formula is C11H13BrN4. The van der Waals surface area contributed by atoms with Gasteiger partial charge >= 0.3 is 0 Å². The number of hydrogen-bond acceptors (Lipinski definition) is 3. The molecule has 1 aromatic heterocycles. The molecule has 2 aromatic rings. The van der Waals surface area contributed by atoms with Crippen molar-refractivity contribution in [2.45, 2.75) is 6.54 Å². The summed E-state index contributed by atoms with van der Waals surface area (Å²) in [6.45, 7) is 1.66. The van der Waals surface area contributed by atoms with Crippen molar-refractivity contribution in [3.8, 4) is 0 Å². The third kappa shape index (κ3) is 2.76. The highest BCUT2D eigenvalue weighted by Gasteiger charge is 1.99. The van der Waals surface area contributed by atoms with E-state index in [1.807, 2.05) is 35.1 Å². The molecule has 0 saturated heterocycles. The first-order valence-electron chi connectivity index (χ1n) is 5.02. The van der Waals surface area contributed by atoms with Crippen LogP contribution in [0.3, 0.4) is 0 Å². The number of halogens is 1. The summed E-state index contributed by atoms with van der Waals surface area (Å²) in [5, 5.41) is 7.44. The molecule has 5 heteroatoms.